The highest BCUT2D eigenvalue weighted by Gasteiger charge is 2.20. The molecule has 0 saturated carbocycles. The summed E-state index contributed by atoms with van der Waals surface area (Å²) in [5.41, 5.74) is 3.28. The lowest BCUT2D eigenvalue weighted by atomic mass is 9.96. The van der Waals surface area contributed by atoms with Crippen LogP contribution in [0, 0.1) is 0 Å². The van der Waals surface area contributed by atoms with Gasteiger partial charge >= 0.3 is 5.97 Å². The Morgan fingerprint density at radius 3 is 2.15 bits per heavy atom. The van der Waals surface area contributed by atoms with Crippen molar-refractivity contribution in [1.29, 1.82) is 0 Å². The Hall–Kier alpha value is -4.78. The molecule has 5 aromatic rings. The van der Waals surface area contributed by atoms with Crippen LogP contribution in [-0.4, -0.2) is 39.6 Å². The summed E-state index contributed by atoms with van der Waals surface area (Å²) in [6.07, 6.45) is -0.0946. The van der Waals surface area contributed by atoms with Gasteiger partial charge in [-0.1, -0.05) is 47.6 Å². The van der Waals surface area contributed by atoms with Crippen molar-refractivity contribution in [2.75, 3.05) is 6.61 Å². The molecule has 196 valence electrons. The van der Waals surface area contributed by atoms with Gasteiger partial charge in [-0.25, -0.2) is 0 Å². The van der Waals surface area contributed by atoms with Crippen LogP contribution in [0.1, 0.15) is 53.0 Å². The van der Waals surface area contributed by atoms with Gasteiger partial charge in [0.1, 0.15) is 5.71 Å². The quantitative estimate of drug-likeness (QED) is 0.0781. The van der Waals surface area contributed by atoms with Gasteiger partial charge in [0.2, 0.25) is 5.78 Å². The molecule has 0 aliphatic carbocycles. The van der Waals surface area contributed by atoms with Crippen LogP contribution in [0.5, 0.6) is 0 Å². The molecule has 1 aromatic heterocycles. The van der Waals surface area contributed by atoms with Crippen molar-refractivity contribution >= 4 is 55.8 Å². The molecule has 39 heavy (non-hydrogen) atoms. The Kier molecular flexibility index (Phi) is 7.23. The lowest BCUT2D eigenvalue weighted by molar-refractivity contribution is -0.142. The maximum Gasteiger partial charge on any atom is 0.306 e. The van der Waals surface area contributed by atoms with Gasteiger partial charge in [0, 0.05) is 51.5 Å². The molecule has 1 heterocycles. The molecule has 0 saturated heterocycles. The van der Waals surface area contributed by atoms with Crippen molar-refractivity contribution in [2.24, 2.45) is 5.16 Å². The van der Waals surface area contributed by atoms with E-state index >= 15 is 0 Å². The fraction of sp³-hybridized carbons (Fsp3) is 0.188. The van der Waals surface area contributed by atoms with Gasteiger partial charge < -0.3 is 14.5 Å². The summed E-state index contributed by atoms with van der Waals surface area (Å²) in [7, 11) is 0. The van der Waals surface area contributed by atoms with Crippen molar-refractivity contribution in [3.63, 3.8) is 0 Å². The van der Waals surface area contributed by atoms with Gasteiger partial charge in [-0.2, -0.15) is 0 Å². The largest absolute Gasteiger partial charge is 0.466 e. The number of ether oxygens (including phenoxy) is 1. The summed E-state index contributed by atoms with van der Waals surface area (Å²) in [6.45, 7) is 4.68. The number of rotatable bonds is 9. The van der Waals surface area contributed by atoms with E-state index in [1.54, 1.807) is 19.1 Å². The van der Waals surface area contributed by atoms with Crippen molar-refractivity contribution in [3.8, 4) is 0 Å². The third kappa shape index (κ3) is 4.79. The molecule has 0 spiro atoms. The smallest absolute Gasteiger partial charge is 0.306 e. The Bertz CT molecular complexity index is 1780. The number of oxime groups is 1. The minimum Gasteiger partial charge on any atom is -0.466 e. The molecular formula is C32H28N2O5. The van der Waals surface area contributed by atoms with E-state index < -0.39 is 11.8 Å². The fourth-order valence-electron chi connectivity index (χ4n) is 5.14. The van der Waals surface area contributed by atoms with Crippen LogP contribution in [0.25, 0.3) is 32.6 Å². The van der Waals surface area contributed by atoms with Crippen LogP contribution in [0.4, 0.5) is 0 Å². The molecule has 7 nitrogen and oxygen atoms in total. The molecular weight excluding hydrogens is 492 g/mol. The van der Waals surface area contributed by atoms with Gasteiger partial charge in [-0.15, -0.1) is 0 Å². The number of carbonyl (C=O) groups excluding carboxylic acids is 3. The molecule has 7 heteroatoms. The highest BCUT2D eigenvalue weighted by Crippen LogP contribution is 2.32. The lowest BCUT2D eigenvalue weighted by Crippen LogP contribution is -2.17. The minimum absolute atomic E-state index is 0.0351. The molecule has 0 aliphatic heterocycles. The number of hydrogen-bond acceptors (Lipinski definition) is 6. The van der Waals surface area contributed by atoms with E-state index in [4.69, 9.17) is 4.74 Å². The summed E-state index contributed by atoms with van der Waals surface area (Å²) in [6, 6.07) is 24.5. The Morgan fingerprint density at radius 1 is 0.795 bits per heavy atom. The Morgan fingerprint density at radius 2 is 1.46 bits per heavy atom. The summed E-state index contributed by atoms with van der Waals surface area (Å²) >= 11 is 0. The third-order valence-corrected chi connectivity index (χ3v) is 6.99. The van der Waals surface area contributed by atoms with Gasteiger partial charge in [-0.05, 0) is 61.0 Å². The van der Waals surface area contributed by atoms with E-state index in [-0.39, 0.29) is 30.9 Å². The third-order valence-electron chi connectivity index (χ3n) is 6.99. The van der Waals surface area contributed by atoms with Crippen LogP contribution < -0.4 is 0 Å². The minimum atomic E-state index is -0.468. The fourth-order valence-corrected chi connectivity index (χ4v) is 5.14. The highest BCUT2D eigenvalue weighted by atomic mass is 16.5. The van der Waals surface area contributed by atoms with E-state index in [1.807, 2.05) is 73.7 Å². The van der Waals surface area contributed by atoms with E-state index in [2.05, 4.69) is 9.72 Å². The number of aromatic nitrogens is 1. The zero-order chi connectivity index (χ0) is 27.5. The second-order valence-electron chi connectivity index (χ2n) is 9.24. The van der Waals surface area contributed by atoms with Crippen molar-refractivity contribution in [2.45, 2.75) is 33.2 Å². The van der Waals surface area contributed by atoms with Crippen LogP contribution in [0.3, 0.4) is 0 Å². The number of benzene rings is 4. The van der Waals surface area contributed by atoms with E-state index in [9.17, 15) is 19.6 Å². The number of aryl methyl sites for hydroxylation is 1. The van der Waals surface area contributed by atoms with Crippen LogP contribution in [0.2, 0.25) is 0 Å². The average Bonchev–Trinajstić information content (AvgIpc) is 3.29. The number of carbonyl (C=O) groups is 3. The monoisotopic (exact) mass is 520 g/mol. The number of hydrogen-bond donors (Lipinski definition) is 1. The van der Waals surface area contributed by atoms with Gasteiger partial charge in [0.15, 0.2) is 5.78 Å². The van der Waals surface area contributed by atoms with E-state index in [0.717, 1.165) is 32.6 Å². The van der Waals surface area contributed by atoms with Crippen molar-refractivity contribution < 1.29 is 24.3 Å². The van der Waals surface area contributed by atoms with Crippen LogP contribution in [0.15, 0.2) is 84.0 Å². The van der Waals surface area contributed by atoms with Gasteiger partial charge in [0.25, 0.3) is 0 Å². The van der Waals surface area contributed by atoms with Crippen LogP contribution in [-0.2, 0) is 16.1 Å². The molecule has 1 N–H and O–H groups in total. The molecule has 4 aromatic carbocycles. The highest BCUT2D eigenvalue weighted by molar-refractivity contribution is 6.46. The number of fused-ring (bicyclic) bond motifs is 4. The van der Waals surface area contributed by atoms with Crippen LogP contribution >= 0.6 is 0 Å². The summed E-state index contributed by atoms with van der Waals surface area (Å²) < 4.78 is 7.04. The first-order valence-corrected chi connectivity index (χ1v) is 13.0. The maximum absolute atomic E-state index is 13.7. The SMILES string of the molecule is CCOC(=O)CC/C(=N\O)C(=O)c1ccc2c(c1)c1cc(C(=O)c3cccc4ccccc34)ccc1n2CC. The average molecular weight is 521 g/mol. The number of nitrogens with zero attached hydrogens (tertiary/aromatic N) is 2. The van der Waals surface area contributed by atoms with Crippen molar-refractivity contribution in [3.05, 3.63) is 95.6 Å². The first-order valence-electron chi connectivity index (χ1n) is 13.0. The zero-order valence-corrected chi connectivity index (χ0v) is 21.8. The topological polar surface area (TPSA) is 98.0 Å². The Balaban J connectivity index is 1.56. The molecule has 0 atom stereocenters. The normalized spacial score (nSPS) is 11.8. The number of esters is 1. The standard InChI is InChI=1S/C32H28N2O5/c1-3-34-28-15-12-21(31(36)24-11-7-9-20-8-5-6-10-23(20)24)18-25(28)26-19-22(13-16-29(26)34)32(37)27(33-38)14-17-30(35)39-4-2/h5-13,15-16,18-19,38H,3-4,14,17H2,1-2H3/b33-27+. The second-order valence-corrected chi connectivity index (χ2v) is 9.24. The first-order chi connectivity index (χ1) is 19.0. The molecule has 5 rings (SSSR count). The van der Waals surface area contributed by atoms with Gasteiger partial charge in [0.05, 0.1) is 13.0 Å². The predicted octanol–water partition coefficient (Wildman–Crippen LogP) is 6.55. The lowest BCUT2D eigenvalue weighted by Gasteiger charge is -2.07. The number of Topliss-reactive ketones (excluding diaryl/α,β-unsaturated/α-hetero) is 1. The molecule has 0 aliphatic rings. The summed E-state index contributed by atoms with van der Waals surface area (Å²) in [5, 5.41) is 16.2. The maximum atomic E-state index is 13.7. The molecule has 0 unspecified atom stereocenters. The van der Waals surface area contributed by atoms with E-state index in [0.29, 0.717) is 23.2 Å². The van der Waals surface area contributed by atoms with Gasteiger partial charge in [-0.3, -0.25) is 14.4 Å². The predicted molar refractivity (Wildman–Crippen MR) is 152 cm³/mol. The second kappa shape index (κ2) is 10.9. The number of ketones is 2. The zero-order valence-electron chi connectivity index (χ0n) is 21.8. The van der Waals surface area contributed by atoms with Crippen molar-refractivity contribution in [1.82, 2.24) is 4.57 Å². The molecule has 0 amide bonds. The van der Waals surface area contributed by atoms with E-state index in [1.165, 1.54) is 0 Å². The Labute approximate surface area is 225 Å². The summed E-state index contributed by atoms with van der Waals surface area (Å²) in [5.74, 6) is -1.01. The molecule has 0 fully saturated rings. The summed E-state index contributed by atoms with van der Waals surface area (Å²) in [4.78, 5) is 38.6. The molecule has 0 radical (unpaired) electrons. The molecule has 0 bridgehead atoms. The first kappa shape index (κ1) is 25.9.